The normalized spacial score (nSPS) is 32.5. The Balaban J connectivity index is 1.66. The highest BCUT2D eigenvalue weighted by atomic mass is 16.5. The zero-order chi connectivity index (χ0) is 17.4. The van der Waals surface area contributed by atoms with Gasteiger partial charge >= 0.3 is 0 Å². The van der Waals surface area contributed by atoms with Crippen LogP contribution in [0.5, 0.6) is 0 Å². The van der Waals surface area contributed by atoms with E-state index >= 15 is 0 Å². The minimum atomic E-state index is -0.665. The van der Waals surface area contributed by atoms with Crippen LogP contribution in [-0.2, 0) is 9.53 Å². The van der Waals surface area contributed by atoms with Crippen molar-refractivity contribution in [2.75, 3.05) is 19.7 Å². The number of hydrogen-bond acceptors (Lipinski definition) is 4. The van der Waals surface area contributed by atoms with Crippen molar-refractivity contribution < 1.29 is 18.7 Å². The number of hydrogen-bond donors (Lipinski definition) is 0. The molecule has 0 unspecified atom stereocenters. The van der Waals surface area contributed by atoms with Crippen molar-refractivity contribution in [2.45, 2.75) is 57.2 Å². The molecule has 6 heteroatoms. The van der Waals surface area contributed by atoms with Gasteiger partial charge in [0.2, 0.25) is 5.91 Å². The molecule has 3 atom stereocenters. The molecule has 25 heavy (non-hydrogen) atoms. The highest BCUT2D eigenvalue weighted by Crippen LogP contribution is 2.43. The summed E-state index contributed by atoms with van der Waals surface area (Å²) in [5, 5.41) is 0. The molecule has 0 radical (unpaired) electrons. The van der Waals surface area contributed by atoms with Crippen molar-refractivity contribution in [1.29, 1.82) is 0 Å². The second kappa shape index (κ2) is 6.48. The average molecular weight is 346 g/mol. The second-order valence-electron chi connectivity index (χ2n) is 7.66. The minimum absolute atomic E-state index is 0.0208. The van der Waals surface area contributed by atoms with E-state index in [0.717, 1.165) is 51.6 Å². The first kappa shape index (κ1) is 16.6. The summed E-state index contributed by atoms with van der Waals surface area (Å²) in [6.45, 7) is 4.03. The Morgan fingerprint density at radius 3 is 2.72 bits per heavy atom. The molecular formula is C19H26N2O4. The molecule has 1 aromatic rings. The topological polar surface area (TPSA) is 63.0 Å². The summed E-state index contributed by atoms with van der Waals surface area (Å²) in [5.41, 5.74) is -0.665. The van der Waals surface area contributed by atoms with Crippen molar-refractivity contribution in [2.24, 2.45) is 5.92 Å². The Bertz CT molecular complexity index is 638. The number of amides is 2. The fourth-order valence-electron chi connectivity index (χ4n) is 4.66. The van der Waals surface area contributed by atoms with E-state index in [-0.39, 0.29) is 24.2 Å². The standard InChI is InChI=1S/C19H26N2O4/c1-14-6-4-8-19(12-14)21(18(23)16-7-5-11-24-16)15(13-25-19)17(22)20-9-2-3-10-20/h5,7,11,14-15H,2-4,6,8-10,12-13H2,1H3/t14-,15-,19+/m0/s1. The Labute approximate surface area is 148 Å². The van der Waals surface area contributed by atoms with Gasteiger partial charge in [-0.3, -0.25) is 14.5 Å². The predicted molar refractivity (Wildman–Crippen MR) is 90.8 cm³/mol. The van der Waals surface area contributed by atoms with Crippen molar-refractivity contribution in [1.82, 2.24) is 9.80 Å². The molecule has 136 valence electrons. The molecule has 3 aliphatic rings. The largest absolute Gasteiger partial charge is 0.459 e. The summed E-state index contributed by atoms with van der Waals surface area (Å²) in [4.78, 5) is 29.8. The van der Waals surface area contributed by atoms with Crippen molar-refractivity contribution in [3.63, 3.8) is 0 Å². The Kier molecular flexibility index (Phi) is 4.31. The average Bonchev–Trinajstić information content (AvgIpc) is 3.35. The fraction of sp³-hybridized carbons (Fsp3) is 0.684. The molecule has 1 saturated carbocycles. The van der Waals surface area contributed by atoms with Gasteiger partial charge in [-0.05, 0) is 50.2 Å². The van der Waals surface area contributed by atoms with Crippen LogP contribution < -0.4 is 0 Å². The molecule has 2 saturated heterocycles. The lowest BCUT2D eigenvalue weighted by molar-refractivity contribution is -0.137. The van der Waals surface area contributed by atoms with E-state index in [0.29, 0.717) is 5.92 Å². The first-order valence-corrected chi connectivity index (χ1v) is 9.41. The van der Waals surface area contributed by atoms with Crippen molar-refractivity contribution in [3.05, 3.63) is 24.2 Å². The first-order chi connectivity index (χ1) is 12.1. The molecular weight excluding hydrogens is 320 g/mol. The SMILES string of the molecule is C[C@H]1CCC[C@]2(C1)OC[C@@H](C(=O)N1CCCC1)N2C(=O)c1ccco1. The number of furan rings is 1. The van der Waals surface area contributed by atoms with Crippen LogP contribution in [0.1, 0.15) is 56.0 Å². The summed E-state index contributed by atoms with van der Waals surface area (Å²) in [6, 6.07) is 2.83. The third-order valence-electron chi connectivity index (χ3n) is 5.85. The van der Waals surface area contributed by atoms with Crippen LogP contribution in [0.2, 0.25) is 0 Å². The van der Waals surface area contributed by atoms with Crippen molar-refractivity contribution in [3.8, 4) is 0 Å². The quantitative estimate of drug-likeness (QED) is 0.826. The van der Waals surface area contributed by atoms with Gasteiger partial charge in [-0.2, -0.15) is 0 Å². The second-order valence-corrected chi connectivity index (χ2v) is 7.66. The van der Waals surface area contributed by atoms with Gasteiger partial charge in [0, 0.05) is 13.1 Å². The molecule has 6 nitrogen and oxygen atoms in total. The van der Waals surface area contributed by atoms with E-state index in [9.17, 15) is 9.59 Å². The van der Waals surface area contributed by atoms with Gasteiger partial charge in [-0.15, -0.1) is 0 Å². The maximum Gasteiger partial charge on any atom is 0.292 e. The third-order valence-corrected chi connectivity index (χ3v) is 5.85. The van der Waals surface area contributed by atoms with Gasteiger partial charge in [0.25, 0.3) is 5.91 Å². The highest BCUT2D eigenvalue weighted by molar-refractivity contribution is 5.96. The predicted octanol–water partition coefficient (Wildman–Crippen LogP) is 2.65. The van der Waals surface area contributed by atoms with E-state index in [1.54, 1.807) is 17.0 Å². The van der Waals surface area contributed by atoms with Crippen molar-refractivity contribution >= 4 is 11.8 Å². The summed E-state index contributed by atoms with van der Waals surface area (Å²) < 4.78 is 11.5. The van der Waals surface area contributed by atoms with E-state index in [1.165, 1.54) is 6.26 Å². The molecule has 2 aliphatic heterocycles. The molecule has 2 amide bonds. The molecule has 0 N–H and O–H groups in total. The molecule has 3 fully saturated rings. The lowest BCUT2D eigenvalue weighted by Crippen LogP contribution is -2.57. The summed E-state index contributed by atoms with van der Waals surface area (Å²) in [6.07, 6.45) is 7.28. The number of likely N-dealkylation sites (tertiary alicyclic amines) is 1. The molecule has 1 aromatic heterocycles. The zero-order valence-corrected chi connectivity index (χ0v) is 14.8. The summed E-state index contributed by atoms with van der Waals surface area (Å²) in [5.74, 6) is 0.547. The van der Waals surface area contributed by atoms with E-state index in [2.05, 4.69) is 6.92 Å². The molecule has 4 rings (SSSR count). The van der Waals surface area contributed by atoms with Crippen LogP contribution in [0.4, 0.5) is 0 Å². The lowest BCUT2D eigenvalue weighted by atomic mass is 9.83. The Morgan fingerprint density at radius 1 is 1.24 bits per heavy atom. The number of carbonyl (C=O) groups is 2. The number of nitrogens with zero attached hydrogens (tertiary/aromatic N) is 2. The molecule has 3 heterocycles. The van der Waals surface area contributed by atoms with Crippen LogP contribution in [-0.4, -0.2) is 53.1 Å². The Hall–Kier alpha value is -1.82. The summed E-state index contributed by atoms with van der Waals surface area (Å²) >= 11 is 0. The van der Waals surface area contributed by atoms with E-state index in [4.69, 9.17) is 9.15 Å². The van der Waals surface area contributed by atoms with Crippen LogP contribution in [0.3, 0.4) is 0 Å². The third kappa shape index (κ3) is 2.86. The molecule has 0 aromatic carbocycles. The smallest absolute Gasteiger partial charge is 0.292 e. The van der Waals surface area contributed by atoms with Crippen LogP contribution in [0, 0.1) is 5.92 Å². The van der Waals surface area contributed by atoms with Gasteiger partial charge in [-0.1, -0.05) is 13.3 Å². The molecule has 1 aliphatic carbocycles. The number of carbonyl (C=O) groups excluding carboxylic acids is 2. The molecule has 1 spiro atoms. The summed E-state index contributed by atoms with van der Waals surface area (Å²) in [7, 11) is 0. The number of rotatable bonds is 2. The van der Waals surface area contributed by atoms with Gasteiger partial charge < -0.3 is 14.1 Å². The van der Waals surface area contributed by atoms with Crippen LogP contribution >= 0.6 is 0 Å². The van der Waals surface area contributed by atoms with E-state index in [1.807, 2.05) is 4.90 Å². The van der Waals surface area contributed by atoms with Gasteiger partial charge in [-0.25, -0.2) is 0 Å². The highest BCUT2D eigenvalue weighted by Gasteiger charge is 2.55. The monoisotopic (exact) mass is 346 g/mol. The number of ether oxygens (including phenoxy) is 1. The van der Waals surface area contributed by atoms with Gasteiger partial charge in [0.1, 0.15) is 11.8 Å². The van der Waals surface area contributed by atoms with Gasteiger partial charge in [0.15, 0.2) is 5.76 Å². The fourth-order valence-corrected chi connectivity index (χ4v) is 4.66. The Morgan fingerprint density at radius 2 is 2.04 bits per heavy atom. The van der Waals surface area contributed by atoms with Crippen LogP contribution in [0.25, 0.3) is 0 Å². The minimum Gasteiger partial charge on any atom is -0.459 e. The lowest BCUT2D eigenvalue weighted by Gasteiger charge is -2.43. The molecule has 0 bridgehead atoms. The van der Waals surface area contributed by atoms with Crippen LogP contribution in [0.15, 0.2) is 22.8 Å². The van der Waals surface area contributed by atoms with E-state index < -0.39 is 11.8 Å². The van der Waals surface area contributed by atoms with Gasteiger partial charge in [0.05, 0.1) is 12.9 Å². The zero-order valence-electron chi connectivity index (χ0n) is 14.8. The maximum absolute atomic E-state index is 13.2. The first-order valence-electron chi connectivity index (χ1n) is 9.41. The maximum atomic E-state index is 13.2.